The predicted molar refractivity (Wildman–Crippen MR) is 83.3 cm³/mol. The zero-order valence-electron chi connectivity index (χ0n) is 10.2. The number of hydrogen-bond acceptors (Lipinski definition) is 2. The van der Waals surface area contributed by atoms with Crippen LogP contribution < -0.4 is 5.32 Å². The Balaban J connectivity index is 1.86. The summed E-state index contributed by atoms with van der Waals surface area (Å²) >= 11 is 9.18. The molecule has 3 nitrogen and oxygen atoms in total. The van der Waals surface area contributed by atoms with Gasteiger partial charge in [-0.3, -0.25) is 4.79 Å². The predicted octanol–water partition coefficient (Wildman–Crippen LogP) is 5.10. The highest BCUT2D eigenvalue weighted by atomic mass is 79.9. The number of fused-ring (bicyclic) bond motifs is 1. The molecule has 0 spiro atoms. The molecule has 5 heteroatoms. The summed E-state index contributed by atoms with van der Waals surface area (Å²) in [7, 11) is 0. The molecule has 0 unspecified atom stereocenters. The molecule has 3 rings (SSSR count). The molecular weight excluding hydrogens is 342 g/mol. The third-order valence-corrected chi connectivity index (χ3v) is 3.55. The number of hydrogen-bond donors (Lipinski definition) is 1. The highest BCUT2D eigenvalue weighted by Crippen LogP contribution is 2.24. The second-order valence-corrected chi connectivity index (χ2v) is 5.61. The maximum atomic E-state index is 12.1. The summed E-state index contributed by atoms with van der Waals surface area (Å²) in [5.74, 6) is -0.0207. The van der Waals surface area contributed by atoms with Crippen LogP contribution in [0.5, 0.6) is 0 Å². The summed E-state index contributed by atoms with van der Waals surface area (Å²) in [6.07, 6.45) is 0. The Morgan fingerprint density at radius 2 is 1.85 bits per heavy atom. The molecule has 0 aliphatic carbocycles. The van der Waals surface area contributed by atoms with E-state index in [-0.39, 0.29) is 11.7 Å². The van der Waals surface area contributed by atoms with Crippen LogP contribution in [-0.4, -0.2) is 5.91 Å². The van der Waals surface area contributed by atoms with E-state index < -0.39 is 0 Å². The van der Waals surface area contributed by atoms with Crippen molar-refractivity contribution in [3.63, 3.8) is 0 Å². The molecule has 1 N–H and O–H groups in total. The minimum Gasteiger partial charge on any atom is -0.451 e. The molecule has 3 aromatic rings. The van der Waals surface area contributed by atoms with Crippen LogP contribution in [-0.2, 0) is 0 Å². The second-order valence-electron chi connectivity index (χ2n) is 4.25. The summed E-state index contributed by atoms with van der Waals surface area (Å²) in [5, 5.41) is 4.26. The minimum atomic E-state index is -0.292. The number of nitrogens with one attached hydrogen (secondary N) is 1. The molecule has 100 valence electrons. The van der Waals surface area contributed by atoms with Gasteiger partial charge in [0.25, 0.3) is 5.91 Å². The summed E-state index contributed by atoms with van der Waals surface area (Å²) < 4.78 is 6.46. The van der Waals surface area contributed by atoms with Crippen LogP contribution in [0.3, 0.4) is 0 Å². The van der Waals surface area contributed by atoms with Gasteiger partial charge >= 0.3 is 0 Å². The van der Waals surface area contributed by atoms with E-state index in [4.69, 9.17) is 16.0 Å². The molecular formula is C15H9BrClNO2. The van der Waals surface area contributed by atoms with Crippen molar-refractivity contribution < 1.29 is 9.21 Å². The van der Waals surface area contributed by atoms with Gasteiger partial charge in [-0.05, 0) is 48.5 Å². The molecule has 0 aliphatic heterocycles. The van der Waals surface area contributed by atoms with Gasteiger partial charge in [0.15, 0.2) is 5.76 Å². The average molecular weight is 351 g/mol. The van der Waals surface area contributed by atoms with Gasteiger partial charge in [0.05, 0.1) is 0 Å². The van der Waals surface area contributed by atoms with Crippen LogP contribution in [0.4, 0.5) is 5.69 Å². The number of furan rings is 1. The number of rotatable bonds is 2. The number of carbonyl (C=O) groups is 1. The number of carbonyl (C=O) groups excluding carboxylic acids is 1. The van der Waals surface area contributed by atoms with Crippen LogP contribution in [0.25, 0.3) is 11.0 Å². The third-order valence-electron chi connectivity index (χ3n) is 2.80. The van der Waals surface area contributed by atoms with Crippen molar-refractivity contribution in [1.29, 1.82) is 0 Å². The first-order chi connectivity index (χ1) is 9.61. The van der Waals surface area contributed by atoms with Gasteiger partial charge in [-0.1, -0.05) is 27.5 Å². The molecule has 2 aromatic carbocycles. The van der Waals surface area contributed by atoms with Gasteiger partial charge in [-0.25, -0.2) is 0 Å². The summed E-state index contributed by atoms with van der Waals surface area (Å²) in [6, 6.07) is 14.2. The van der Waals surface area contributed by atoms with E-state index >= 15 is 0 Å². The van der Waals surface area contributed by atoms with E-state index in [2.05, 4.69) is 21.2 Å². The van der Waals surface area contributed by atoms with E-state index in [1.54, 1.807) is 30.3 Å². The van der Waals surface area contributed by atoms with Crippen molar-refractivity contribution in [2.24, 2.45) is 0 Å². The smallest absolute Gasteiger partial charge is 0.291 e. The van der Waals surface area contributed by atoms with Crippen LogP contribution in [0.15, 0.2) is 57.4 Å². The topological polar surface area (TPSA) is 42.2 Å². The van der Waals surface area contributed by atoms with Crippen molar-refractivity contribution in [3.8, 4) is 0 Å². The summed E-state index contributed by atoms with van der Waals surface area (Å²) in [5.41, 5.74) is 1.34. The number of anilines is 1. The van der Waals surface area contributed by atoms with Gasteiger partial charge in [0, 0.05) is 20.6 Å². The first kappa shape index (κ1) is 13.2. The molecule has 0 saturated heterocycles. The Hall–Kier alpha value is -1.78. The number of benzene rings is 2. The summed E-state index contributed by atoms with van der Waals surface area (Å²) in [4.78, 5) is 12.1. The zero-order valence-corrected chi connectivity index (χ0v) is 12.5. The van der Waals surface area contributed by atoms with E-state index in [0.717, 1.165) is 9.86 Å². The molecule has 0 fully saturated rings. The summed E-state index contributed by atoms with van der Waals surface area (Å²) in [6.45, 7) is 0. The quantitative estimate of drug-likeness (QED) is 0.698. The monoisotopic (exact) mass is 349 g/mol. The highest BCUT2D eigenvalue weighted by Gasteiger charge is 2.12. The third kappa shape index (κ3) is 2.71. The lowest BCUT2D eigenvalue weighted by molar-refractivity contribution is 0.0998. The second kappa shape index (κ2) is 5.31. The van der Waals surface area contributed by atoms with Gasteiger partial charge < -0.3 is 9.73 Å². The van der Waals surface area contributed by atoms with Gasteiger partial charge in [-0.2, -0.15) is 0 Å². The molecule has 0 atom stereocenters. The van der Waals surface area contributed by atoms with E-state index in [0.29, 0.717) is 16.3 Å². The van der Waals surface area contributed by atoms with Crippen molar-refractivity contribution in [2.45, 2.75) is 0 Å². The minimum absolute atomic E-state index is 0.271. The Bertz CT molecular complexity index is 780. The van der Waals surface area contributed by atoms with E-state index in [9.17, 15) is 4.79 Å². The first-order valence-corrected chi connectivity index (χ1v) is 7.05. The van der Waals surface area contributed by atoms with E-state index in [1.165, 1.54) is 0 Å². The molecule has 20 heavy (non-hydrogen) atoms. The van der Waals surface area contributed by atoms with Crippen LogP contribution in [0, 0.1) is 0 Å². The molecule has 1 heterocycles. The van der Waals surface area contributed by atoms with Gasteiger partial charge in [0.2, 0.25) is 0 Å². The SMILES string of the molecule is O=C(Nc1ccc(Cl)cc1)c1cc2cc(Br)ccc2o1. The van der Waals surface area contributed by atoms with Gasteiger partial charge in [-0.15, -0.1) is 0 Å². The fraction of sp³-hybridized carbons (Fsp3) is 0. The fourth-order valence-electron chi connectivity index (χ4n) is 1.85. The van der Waals surface area contributed by atoms with Gasteiger partial charge in [0.1, 0.15) is 5.58 Å². The Labute approximate surface area is 128 Å². The average Bonchev–Trinajstić information content (AvgIpc) is 2.84. The largest absolute Gasteiger partial charge is 0.451 e. The molecule has 0 bridgehead atoms. The van der Waals surface area contributed by atoms with Crippen LogP contribution in [0.1, 0.15) is 10.6 Å². The van der Waals surface area contributed by atoms with Crippen LogP contribution >= 0.6 is 27.5 Å². The van der Waals surface area contributed by atoms with Crippen molar-refractivity contribution in [3.05, 3.63) is 63.8 Å². The normalized spacial score (nSPS) is 10.7. The van der Waals surface area contributed by atoms with Crippen molar-refractivity contribution in [2.75, 3.05) is 5.32 Å². The van der Waals surface area contributed by atoms with Crippen LogP contribution in [0.2, 0.25) is 5.02 Å². The Morgan fingerprint density at radius 1 is 1.10 bits per heavy atom. The maximum absolute atomic E-state index is 12.1. The fourth-order valence-corrected chi connectivity index (χ4v) is 2.36. The lowest BCUT2D eigenvalue weighted by atomic mass is 10.2. The van der Waals surface area contributed by atoms with Crippen molar-refractivity contribution >= 4 is 50.1 Å². The Morgan fingerprint density at radius 3 is 2.60 bits per heavy atom. The lowest BCUT2D eigenvalue weighted by Gasteiger charge is -2.02. The highest BCUT2D eigenvalue weighted by molar-refractivity contribution is 9.10. The molecule has 1 aromatic heterocycles. The number of halogens is 2. The molecule has 0 radical (unpaired) electrons. The Kier molecular flexibility index (Phi) is 3.51. The molecule has 1 amide bonds. The molecule has 0 saturated carbocycles. The van der Waals surface area contributed by atoms with Crippen molar-refractivity contribution in [1.82, 2.24) is 0 Å². The first-order valence-electron chi connectivity index (χ1n) is 5.88. The maximum Gasteiger partial charge on any atom is 0.291 e. The zero-order chi connectivity index (χ0) is 14.1. The molecule has 0 aliphatic rings. The standard InChI is InChI=1S/C15H9BrClNO2/c16-10-1-6-13-9(7-10)8-14(20-13)15(19)18-12-4-2-11(17)3-5-12/h1-8H,(H,18,19). The van der Waals surface area contributed by atoms with E-state index in [1.807, 2.05) is 18.2 Å². The lowest BCUT2D eigenvalue weighted by Crippen LogP contribution is -2.10. The number of amides is 1.